The molecular weight excluding hydrogens is 953 g/mol. The monoisotopic (exact) mass is 988 g/mol. The molecule has 0 fully saturated rings. The van der Waals surface area contributed by atoms with Crippen molar-refractivity contribution >= 4 is 134 Å². The number of nitriles is 1. The van der Waals surface area contributed by atoms with Crippen molar-refractivity contribution in [1.82, 2.24) is 9.13 Å². The SMILES string of the molecule is [C-]#[N+]c1c(-c2ccccc2)c(-n2c3ccccc3c3c4c(ccc32)oc2c(-c3ccccc3)cccc24)c(-c2ccccc2)c(C#N)c1-n1c2c(ccc3c4ccccc4sc32)c2ccc3c4ccccc4sc3c21. The lowest BCUT2D eigenvalue weighted by Gasteiger charge is -2.25. The first-order valence-electron chi connectivity index (χ1n) is 24.9. The molecule has 0 aliphatic rings. The third-order valence-corrected chi connectivity index (χ3v) is 17.8. The number of thiophene rings is 2. The number of para-hydroxylation sites is 2. The molecule has 0 aliphatic heterocycles. The van der Waals surface area contributed by atoms with Gasteiger partial charge in [-0.25, -0.2) is 4.85 Å². The average Bonchev–Trinajstić information content (AvgIpc) is 4.42. The number of rotatable bonds is 5. The van der Waals surface area contributed by atoms with E-state index in [0.717, 1.165) is 125 Å². The summed E-state index contributed by atoms with van der Waals surface area (Å²) in [6, 6.07) is 79.4. The summed E-state index contributed by atoms with van der Waals surface area (Å²) in [6.45, 7) is 9.64. The molecule has 11 aromatic carbocycles. The van der Waals surface area contributed by atoms with Gasteiger partial charge in [0.1, 0.15) is 17.2 Å². The smallest absolute Gasteiger partial charge is 0.221 e. The second kappa shape index (κ2) is 15.9. The van der Waals surface area contributed by atoms with Crippen molar-refractivity contribution in [3.63, 3.8) is 0 Å². The Labute approximate surface area is 436 Å². The van der Waals surface area contributed by atoms with E-state index in [1.165, 1.54) is 20.2 Å². The van der Waals surface area contributed by atoms with Crippen LogP contribution in [-0.4, -0.2) is 9.13 Å². The van der Waals surface area contributed by atoms with E-state index in [1.807, 2.05) is 42.5 Å². The average molecular weight is 989 g/mol. The Balaban J connectivity index is 1.14. The van der Waals surface area contributed by atoms with Gasteiger partial charge in [-0.3, -0.25) is 0 Å². The van der Waals surface area contributed by atoms with Gasteiger partial charge in [0.05, 0.1) is 55.0 Å². The predicted molar refractivity (Wildman–Crippen MR) is 315 cm³/mol. The molecule has 7 heteroatoms. The zero-order valence-electron chi connectivity index (χ0n) is 39.8. The van der Waals surface area contributed by atoms with Crippen LogP contribution in [0.25, 0.3) is 155 Å². The van der Waals surface area contributed by atoms with Crippen LogP contribution in [0.2, 0.25) is 0 Å². The highest BCUT2D eigenvalue weighted by atomic mass is 32.1. The first-order valence-corrected chi connectivity index (χ1v) is 26.6. The van der Waals surface area contributed by atoms with Crippen molar-refractivity contribution in [1.29, 1.82) is 5.26 Å². The molecule has 5 aromatic heterocycles. The van der Waals surface area contributed by atoms with Crippen molar-refractivity contribution < 1.29 is 4.42 Å². The molecule has 0 atom stereocenters. The molecule has 0 amide bonds. The van der Waals surface area contributed by atoms with Crippen LogP contribution in [0.1, 0.15) is 5.56 Å². The quantitative estimate of drug-likeness (QED) is 0.161. The number of hydrogen-bond acceptors (Lipinski definition) is 4. The lowest BCUT2D eigenvalue weighted by Crippen LogP contribution is -2.08. The lowest BCUT2D eigenvalue weighted by molar-refractivity contribution is 0.670. The minimum absolute atomic E-state index is 0.399. The summed E-state index contributed by atoms with van der Waals surface area (Å²) in [5, 5.41) is 23.3. The summed E-state index contributed by atoms with van der Waals surface area (Å²) >= 11 is 3.54. The molecule has 75 heavy (non-hydrogen) atoms. The molecule has 5 heterocycles. The number of nitrogens with zero attached hydrogens (tertiary/aromatic N) is 4. The Hall–Kier alpha value is -9.76. The van der Waals surface area contributed by atoms with E-state index < -0.39 is 0 Å². The van der Waals surface area contributed by atoms with Gasteiger partial charge in [-0.05, 0) is 47.0 Å². The molecule has 16 aromatic rings. The minimum Gasteiger partial charge on any atom is -0.455 e. The van der Waals surface area contributed by atoms with Gasteiger partial charge in [0, 0.05) is 80.0 Å². The summed E-state index contributed by atoms with van der Waals surface area (Å²) in [5.41, 5.74) is 13.0. The Bertz CT molecular complexity index is 4990. The van der Waals surface area contributed by atoms with Gasteiger partial charge in [0.2, 0.25) is 5.69 Å². The maximum atomic E-state index is 12.4. The Morgan fingerprint density at radius 3 is 1.57 bits per heavy atom. The molecule has 0 unspecified atom stereocenters. The maximum Gasteiger partial charge on any atom is 0.221 e. The molecule has 0 bridgehead atoms. The molecule has 0 saturated carbocycles. The summed E-state index contributed by atoms with van der Waals surface area (Å²) in [6.07, 6.45) is 0. The Kier molecular flexibility index (Phi) is 8.85. The van der Waals surface area contributed by atoms with Crippen LogP contribution >= 0.6 is 22.7 Å². The third-order valence-electron chi connectivity index (χ3n) is 15.4. The fourth-order valence-corrected chi connectivity index (χ4v) is 14.8. The maximum absolute atomic E-state index is 12.4. The van der Waals surface area contributed by atoms with Gasteiger partial charge in [0.25, 0.3) is 0 Å². The molecule has 5 nitrogen and oxygen atoms in total. The first kappa shape index (κ1) is 41.8. The number of hydrogen-bond donors (Lipinski definition) is 0. The molecule has 16 rings (SSSR count). The van der Waals surface area contributed by atoms with E-state index in [2.05, 4.69) is 191 Å². The van der Waals surface area contributed by atoms with E-state index in [9.17, 15) is 11.8 Å². The molecule has 0 radical (unpaired) electrons. The topological polar surface area (TPSA) is 51.1 Å². The summed E-state index contributed by atoms with van der Waals surface area (Å²) < 4.78 is 16.1. The van der Waals surface area contributed by atoms with Gasteiger partial charge in [0.15, 0.2) is 0 Å². The molecule has 346 valence electrons. The fourth-order valence-electron chi connectivity index (χ4n) is 12.3. The standard InChI is InChI=1S/C68H36N4OS2/c1-70-61-58(41-22-9-4-10-23-41)65(71-52-29-14-11-26-49(52)59-53(71)36-37-54-60(59)50-28-17-27-42(66(50)73-54)39-18-5-2-6-19-39)57(40-20-7-3-8-21-40)51(38-69)62(61)72-63-45(32-34-47-43-24-12-15-30-55(43)74-67(47)63)46-33-35-48-44-25-13-16-31-56(44)75-68(48)64(46)72/h2-37H. The van der Waals surface area contributed by atoms with Crippen molar-refractivity contribution in [3.05, 3.63) is 235 Å². The number of aromatic nitrogens is 2. The summed E-state index contributed by atoms with van der Waals surface area (Å²) in [5.74, 6) is 0. The van der Waals surface area contributed by atoms with Crippen LogP contribution in [0.4, 0.5) is 5.69 Å². The molecule has 0 N–H and O–H groups in total. The van der Waals surface area contributed by atoms with Crippen molar-refractivity contribution in [2.45, 2.75) is 0 Å². The summed E-state index contributed by atoms with van der Waals surface area (Å²) in [4.78, 5) is 4.71. The van der Waals surface area contributed by atoms with Gasteiger partial charge in [-0.1, -0.05) is 188 Å². The molecule has 0 aliphatic carbocycles. The van der Waals surface area contributed by atoms with Crippen LogP contribution in [0, 0.1) is 17.9 Å². The van der Waals surface area contributed by atoms with Crippen molar-refractivity contribution in [2.24, 2.45) is 0 Å². The van der Waals surface area contributed by atoms with Gasteiger partial charge in [-0.2, -0.15) is 5.26 Å². The highest BCUT2D eigenvalue weighted by Crippen LogP contribution is 2.55. The van der Waals surface area contributed by atoms with E-state index >= 15 is 0 Å². The number of furan rings is 1. The molecule has 0 spiro atoms. The van der Waals surface area contributed by atoms with Crippen LogP contribution < -0.4 is 0 Å². The van der Waals surface area contributed by atoms with Gasteiger partial charge >= 0.3 is 0 Å². The van der Waals surface area contributed by atoms with E-state index in [1.54, 1.807) is 22.7 Å². The predicted octanol–water partition coefficient (Wildman–Crippen LogP) is 19.9. The summed E-state index contributed by atoms with van der Waals surface area (Å²) in [7, 11) is 0. The highest BCUT2D eigenvalue weighted by molar-refractivity contribution is 7.27. The van der Waals surface area contributed by atoms with Gasteiger partial charge < -0.3 is 13.6 Å². The highest BCUT2D eigenvalue weighted by Gasteiger charge is 2.33. The van der Waals surface area contributed by atoms with Crippen LogP contribution in [0.15, 0.2) is 223 Å². The molecular formula is C68H36N4OS2. The van der Waals surface area contributed by atoms with Crippen molar-refractivity contribution in [3.8, 4) is 50.8 Å². The zero-order chi connectivity index (χ0) is 49.5. The van der Waals surface area contributed by atoms with Crippen LogP contribution in [0.3, 0.4) is 0 Å². The van der Waals surface area contributed by atoms with E-state index in [4.69, 9.17) is 9.26 Å². The number of fused-ring (bicyclic) bond motifs is 18. The zero-order valence-corrected chi connectivity index (χ0v) is 41.4. The second-order valence-electron chi connectivity index (χ2n) is 19.2. The minimum atomic E-state index is 0.399. The van der Waals surface area contributed by atoms with E-state index in [0.29, 0.717) is 16.9 Å². The largest absolute Gasteiger partial charge is 0.455 e. The normalized spacial score (nSPS) is 12.0. The Morgan fingerprint density at radius 2 is 0.960 bits per heavy atom. The van der Waals surface area contributed by atoms with Gasteiger partial charge in [-0.15, -0.1) is 22.7 Å². The first-order chi connectivity index (χ1) is 37.2. The number of benzene rings is 11. The van der Waals surface area contributed by atoms with Crippen molar-refractivity contribution in [2.75, 3.05) is 0 Å². The fraction of sp³-hybridized carbons (Fsp3) is 0. The second-order valence-corrected chi connectivity index (χ2v) is 21.3. The Morgan fingerprint density at radius 1 is 0.427 bits per heavy atom. The van der Waals surface area contributed by atoms with Crippen LogP contribution in [0.5, 0.6) is 0 Å². The van der Waals surface area contributed by atoms with Crippen LogP contribution in [-0.2, 0) is 0 Å². The third kappa shape index (κ3) is 5.74. The van der Waals surface area contributed by atoms with E-state index in [-0.39, 0.29) is 0 Å². The lowest BCUT2D eigenvalue weighted by atomic mass is 9.88. The molecule has 0 saturated heterocycles.